The molecule has 1 aromatic heterocycles. The topological polar surface area (TPSA) is 104 Å². The average Bonchev–Trinajstić information content (AvgIpc) is 2.52. The maximum atomic E-state index is 10.9. The molecule has 0 unspecified atom stereocenters. The van der Waals surface area contributed by atoms with E-state index in [4.69, 9.17) is 10.3 Å². The second-order valence-corrected chi connectivity index (χ2v) is 4.62. The number of carbonyl (C=O) groups is 1. The number of rotatable bonds is 3. The van der Waals surface area contributed by atoms with Gasteiger partial charge in [-0.15, -0.1) is 11.3 Å². The Labute approximate surface area is 77.5 Å². The first kappa shape index (κ1) is 10.1. The lowest BCUT2D eigenvalue weighted by atomic mass is 10.5. The number of aromatic carboxylic acids is 1. The Balaban J connectivity index is 3.13. The zero-order valence-corrected chi connectivity index (χ0v) is 7.72. The van der Waals surface area contributed by atoms with E-state index in [0.29, 0.717) is 0 Å². The monoisotopic (exact) mass is 223 g/mol. The van der Waals surface area contributed by atoms with E-state index >= 15 is 0 Å². The summed E-state index contributed by atoms with van der Waals surface area (Å²) in [5.74, 6) is -1.20. The van der Waals surface area contributed by atoms with Crippen LogP contribution in [0.25, 0.3) is 0 Å². The first-order chi connectivity index (χ1) is 5.97. The van der Waals surface area contributed by atoms with Crippen molar-refractivity contribution in [2.75, 3.05) is 0 Å². The van der Waals surface area contributed by atoms with Crippen LogP contribution < -0.4 is 4.89 Å². The SMILES string of the molecule is O=C(O)c1cc(S(=O)(=O)NO)cs1. The van der Waals surface area contributed by atoms with E-state index in [1.54, 1.807) is 0 Å². The molecule has 1 aromatic rings. The van der Waals surface area contributed by atoms with Gasteiger partial charge in [0.05, 0.1) is 4.90 Å². The average molecular weight is 223 g/mol. The van der Waals surface area contributed by atoms with Gasteiger partial charge in [0.15, 0.2) is 0 Å². The van der Waals surface area contributed by atoms with Gasteiger partial charge in [0.25, 0.3) is 10.0 Å². The molecular weight excluding hydrogens is 218 g/mol. The molecule has 13 heavy (non-hydrogen) atoms. The maximum absolute atomic E-state index is 10.9. The molecule has 1 heterocycles. The van der Waals surface area contributed by atoms with E-state index in [-0.39, 0.29) is 9.77 Å². The molecule has 0 saturated carbocycles. The standard InChI is InChI=1S/C5H5NO5S2/c7-5(8)4-1-3(2-12-4)13(10,11)6-9/h1-2,6,9H,(H,7,8). The maximum Gasteiger partial charge on any atom is 0.345 e. The van der Waals surface area contributed by atoms with E-state index in [9.17, 15) is 13.2 Å². The molecule has 0 atom stereocenters. The molecule has 6 nitrogen and oxygen atoms in total. The van der Waals surface area contributed by atoms with Crippen molar-refractivity contribution in [2.45, 2.75) is 4.90 Å². The highest BCUT2D eigenvalue weighted by Gasteiger charge is 2.17. The summed E-state index contributed by atoms with van der Waals surface area (Å²) >= 11 is 0.770. The molecule has 0 spiro atoms. The van der Waals surface area contributed by atoms with Crippen LogP contribution in [-0.4, -0.2) is 24.7 Å². The first-order valence-corrected chi connectivity index (χ1v) is 5.31. The van der Waals surface area contributed by atoms with Crippen molar-refractivity contribution in [1.29, 1.82) is 0 Å². The molecule has 0 fully saturated rings. The molecule has 0 aliphatic carbocycles. The summed E-state index contributed by atoms with van der Waals surface area (Å²) in [5.41, 5.74) is 0. The van der Waals surface area contributed by atoms with E-state index in [2.05, 4.69) is 0 Å². The zero-order valence-electron chi connectivity index (χ0n) is 6.09. The third-order valence-corrected chi connectivity index (χ3v) is 3.38. The van der Waals surface area contributed by atoms with Crippen LogP contribution in [0.15, 0.2) is 16.3 Å². The van der Waals surface area contributed by atoms with Gasteiger partial charge in [-0.05, 0) is 6.07 Å². The van der Waals surface area contributed by atoms with Crippen LogP contribution >= 0.6 is 11.3 Å². The van der Waals surface area contributed by atoms with Crippen molar-refractivity contribution < 1.29 is 23.5 Å². The molecule has 0 aromatic carbocycles. The number of hydrogen-bond donors (Lipinski definition) is 3. The van der Waals surface area contributed by atoms with Gasteiger partial charge in [-0.25, -0.2) is 13.2 Å². The van der Waals surface area contributed by atoms with Crippen LogP contribution in [0.1, 0.15) is 9.67 Å². The predicted octanol–water partition coefficient (Wildman–Crippen LogP) is 0.114. The molecule has 0 aliphatic rings. The predicted molar refractivity (Wildman–Crippen MR) is 43.4 cm³/mol. The fourth-order valence-corrected chi connectivity index (χ4v) is 2.34. The third-order valence-electron chi connectivity index (χ3n) is 1.22. The summed E-state index contributed by atoms with van der Waals surface area (Å²) in [7, 11) is -3.96. The fourth-order valence-electron chi connectivity index (χ4n) is 0.625. The second kappa shape index (κ2) is 3.42. The molecule has 3 N–H and O–H groups in total. The minimum Gasteiger partial charge on any atom is -0.477 e. The Morgan fingerprint density at radius 3 is 2.54 bits per heavy atom. The number of carboxylic acid groups (broad SMARTS) is 1. The van der Waals surface area contributed by atoms with E-state index in [0.717, 1.165) is 27.7 Å². The van der Waals surface area contributed by atoms with Gasteiger partial charge in [-0.3, -0.25) is 0 Å². The van der Waals surface area contributed by atoms with Gasteiger partial charge >= 0.3 is 5.97 Å². The van der Waals surface area contributed by atoms with Gasteiger partial charge in [0.1, 0.15) is 4.88 Å². The Morgan fingerprint density at radius 1 is 1.54 bits per heavy atom. The number of hydrogen-bond acceptors (Lipinski definition) is 5. The van der Waals surface area contributed by atoms with Crippen LogP contribution in [0.5, 0.6) is 0 Å². The zero-order chi connectivity index (χ0) is 10.1. The number of sulfonamides is 1. The summed E-state index contributed by atoms with van der Waals surface area (Å²) < 4.78 is 21.8. The fraction of sp³-hybridized carbons (Fsp3) is 0. The molecule has 0 saturated heterocycles. The Kier molecular flexibility index (Phi) is 2.66. The Hall–Kier alpha value is -0.960. The Morgan fingerprint density at radius 2 is 2.15 bits per heavy atom. The van der Waals surface area contributed by atoms with Crippen LogP contribution in [-0.2, 0) is 10.0 Å². The van der Waals surface area contributed by atoms with Crippen LogP contribution in [0, 0.1) is 0 Å². The highest BCUT2D eigenvalue weighted by Crippen LogP contribution is 2.18. The van der Waals surface area contributed by atoms with Crippen molar-refractivity contribution in [2.24, 2.45) is 0 Å². The second-order valence-electron chi connectivity index (χ2n) is 2.05. The van der Waals surface area contributed by atoms with Crippen molar-refractivity contribution >= 4 is 27.3 Å². The van der Waals surface area contributed by atoms with Gasteiger partial charge < -0.3 is 10.3 Å². The Bertz CT molecular complexity index is 420. The lowest BCUT2D eigenvalue weighted by Crippen LogP contribution is -2.18. The summed E-state index contributed by atoms with van der Waals surface area (Å²) in [5, 5.41) is 17.8. The van der Waals surface area contributed by atoms with Gasteiger partial charge in [-0.2, -0.15) is 0 Å². The largest absolute Gasteiger partial charge is 0.477 e. The molecule has 0 amide bonds. The minimum absolute atomic E-state index is 0.103. The van der Waals surface area contributed by atoms with Crippen molar-refractivity contribution in [1.82, 2.24) is 4.89 Å². The third kappa shape index (κ3) is 2.04. The number of thiophene rings is 1. The van der Waals surface area contributed by atoms with E-state index in [1.807, 2.05) is 0 Å². The lowest BCUT2D eigenvalue weighted by Gasteiger charge is -1.94. The smallest absolute Gasteiger partial charge is 0.345 e. The molecule has 0 aliphatic heterocycles. The normalized spacial score (nSPS) is 11.5. The van der Waals surface area contributed by atoms with Crippen LogP contribution in [0.4, 0.5) is 0 Å². The van der Waals surface area contributed by atoms with Crippen molar-refractivity contribution in [3.8, 4) is 0 Å². The highest BCUT2D eigenvalue weighted by atomic mass is 32.2. The highest BCUT2D eigenvalue weighted by molar-refractivity contribution is 7.89. The molecule has 0 bridgehead atoms. The van der Waals surface area contributed by atoms with Crippen LogP contribution in [0.3, 0.4) is 0 Å². The number of carboxylic acids is 1. The van der Waals surface area contributed by atoms with Crippen LogP contribution in [0.2, 0.25) is 0 Å². The summed E-state index contributed by atoms with van der Waals surface area (Å²) in [6, 6.07) is 0.964. The van der Waals surface area contributed by atoms with Crippen molar-refractivity contribution in [3.05, 3.63) is 16.3 Å². The molecule has 8 heteroatoms. The van der Waals surface area contributed by atoms with E-state index in [1.165, 1.54) is 0 Å². The van der Waals surface area contributed by atoms with Gasteiger partial charge in [-0.1, -0.05) is 4.89 Å². The van der Waals surface area contributed by atoms with Gasteiger partial charge in [0.2, 0.25) is 0 Å². The molecule has 72 valence electrons. The molecular formula is C5H5NO5S2. The quantitative estimate of drug-likeness (QED) is 0.631. The number of nitrogens with one attached hydrogen (secondary N) is 1. The van der Waals surface area contributed by atoms with Crippen molar-refractivity contribution in [3.63, 3.8) is 0 Å². The minimum atomic E-state index is -3.96. The summed E-state index contributed by atoms with van der Waals surface area (Å²) in [6.07, 6.45) is 0. The summed E-state index contributed by atoms with van der Waals surface area (Å²) in [4.78, 5) is 11.1. The summed E-state index contributed by atoms with van der Waals surface area (Å²) in [6.45, 7) is 0. The lowest BCUT2D eigenvalue weighted by molar-refractivity contribution is 0.0702. The van der Waals surface area contributed by atoms with Gasteiger partial charge in [0, 0.05) is 5.38 Å². The first-order valence-electron chi connectivity index (χ1n) is 2.95. The van der Waals surface area contributed by atoms with E-state index < -0.39 is 16.0 Å². The molecule has 0 radical (unpaired) electrons. The molecule has 1 rings (SSSR count).